The fourth-order valence-corrected chi connectivity index (χ4v) is 5.98. The van der Waals surface area contributed by atoms with Gasteiger partial charge in [0.2, 0.25) is 0 Å². The number of hydrazone groups is 1. The molecule has 6 heteroatoms. The van der Waals surface area contributed by atoms with E-state index in [9.17, 15) is 8.42 Å². The molecule has 0 heterocycles. The Hall–Kier alpha value is -1.40. The van der Waals surface area contributed by atoms with E-state index < -0.39 is 10.0 Å². The Balaban J connectivity index is 1.83. The first kappa shape index (κ1) is 21.3. The number of ether oxygens (including phenoxy) is 1. The van der Waals surface area contributed by atoms with Crippen LogP contribution in [0, 0.1) is 23.7 Å². The van der Waals surface area contributed by atoms with Gasteiger partial charge in [-0.05, 0) is 62.5 Å². The molecule has 0 spiro atoms. The average molecular weight is 407 g/mol. The van der Waals surface area contributed by atoms with E-state index in [2.05, 4.69) is 23.8 Å². The third kappa shape index (κ3) is 4.60. The lowest BCUT2D eigenvalue weighted by atomic mass is 9.65. The van der Waals surface area contributed by atoms with Gasteiger partial charge < -0.3 is 4.74 Å². The fraction of sp³-hybridized carbons (Fsp3) is 0.682. The van der Waals surface area contributed by atoms with Crippen LogP contribution in [-0.2, 0) is 14.8 Å². The summed E-state index contributed by atoms with van der Waals surface area (Å²) in [5, 5.41) is 4.29. The summed E-state index contributed by atoms with van der Waals surface area (Å²) in [5.41, 5.74) is 1.15. The van der Waals surface area contributed by atoms with Gasteiger partial charge in [0.25, 0.3) is 10.0 Å². The van der Waals surface area contributed by atoms with Crippen molar-refractivity contribution in [2.75, 3.05) is 7.11 Å². The number of benzene rings is 1. The normalized spacial score (nSPS) is 30.6. The topological polar surface area (TPSA) is 67.8 Å². The van der Waals surface area contributed by atoms with E-state index in [0.29, 0.717) is 5.92 Å². The summed E-state index contributed by atoms with van der Waals surface area (Å²) in [5.74, 6) is 0.389. The molecule has 3 rings (SSSR count). The maximum atomic E-state index is 12.6. The number of nitrogens with one attached hydrogen (secondary N) is 1. The van der Waals surface area contributed by atoms with Gasteiger partial charge in [0.15, 0.2) is 0 Å². The minimum absolute atomic E-state index is 0.111. The van der Waals surface area contributed by atoms with Gasteiger partial charge >= 0.3 is 0 Å². The zero-order valence-corrected chi connectivity index (χ0v) is 18.4. The fourth-order valence-electron chi connectivity index (χ4n) is 5.19. The Morgan fingerprint density at radius 2 is 1.82 bits per heavy atom. The smallest absolute Gasteiger partial charge is 0.276 e. The molecule has 2 fully saturated rings. The highest BCUT2D eigenvalue weighted by atomic mass is 32.2. The summed E-state index contributed by atoms with van der Waals surface area (Å²) in [6.45, 7) is 6.53. The van der Waals surface area contributed by atoms with Gasteiger partial charge in [-0.3, -0.25) is 0 Å². The monoisotopic (exact) mass is 406 g/mol. The van der Waals surface area contributed by atoms with E-state index in [4.69, 9.17) is 4.74 Å². The maximum absolute atomic E-state index is 12.6. The summed E-state index contributed by atoms with van der Waals surface area (Å²) in [7, 11) is -1.85. The SMILES string of the molecule is CO[C@H]1CCCC[C@H]1[C@@]1(/C=N\NS(=O)(=O)c2ccc(C)cc2)CCC(C)(C)C1. The first-order valence-electron chi connectivity index (χ1n) is 10.3. The predicted molar refractivity (Wildman–Crippen MR) is 113 cm³/mol. The second kappa shape index (κ2) is 8.15. The number of sulfonamides is 1. The van der Waals surface area contributed by atoms with Crippen LogP contribution >= 0.6 is 0 Å². The largest absolute Gasteiger partial charge is 0.381 e. The van der Waals surface area contributed by atoms with Crippen LogP contribution in [-0.4, -0.2) is 27.8 Å². The summed E-state index contributed by atoms with van der Waals surface area (Å²) in [6.07, 6.45) is 9.88. The van der Waals surface area contributed by atoms with Crippen LogP contribution in [0.4, 0.5) is 0 Å². The first-order chi connectivity index (χ1) is 13.2. The Morgan fingerprint density at radius 3 is 2.43 bits per heavy atom. The van der Waals surface area contributed by atoms with Gasteiger partial charge in [-0.1, -0.05) is 44.4 Å². The van der Waals surface area contributed by atoms with Gasteiger partial charge in [-0.2, -0.15) is 13.5 Å². The van der Waals surface area contributed by atoms with Crippen molar-refractivity contribution < 1.29 is 13.2 Å². The molecule has 0 unspecified atom stereocenters. The number of nitrogens with zero attached hydrogens (tertiary/aromatic N) is 1. The molecule has 0 bridgehead atoms. The van der Waals surface area contributed by atoms with Crippen LogP contribution in [0.3, 0.4) is 0 Å². The highest BCUT2D eigenvalue weighted by Crippen LogP contribution is 2.55. The van der Waals surface area contributed by atoms with E-state index in [1.165, 1.54) is 12.8 Å². The molecule has 0 saturated heterocycles. The predicted octanol–water partition coefficient (Wildman–Crippen LogP) is 4.66. The molecule has 2 saturated carbocycles. The molecule has 0 aromatic heterocycles. The number of rotatable bonds is 6. The van der Waals surface area contributed by atoms with E-state index in [1.807, 2.05) is 13.1 Å². The molecule has 156 valence electrons. The van der Waals surface area contributed by atoms with Crippen LogP contribution in [0.1, 0.15) is 64.4 Å². The Kier molecular flexibility index (Phi) is 6.20. The minimum Gasteiger partial charge on any atom is -0.381 e. The highest BCUT2D eigenvalue weighted by Gasteiger charge is 2.50. The molecule has 0 aliphatic heterocycles. The average Bonchev–Trinajstić information content (AvgIpc) is 2.97. The standard InChI is InChI=1S/C22H34N2O3S/c1-17-9-11-18(12-10-17)28(25,26)24-23-16-22(14-13-21(2,3)15-22)19-7-5-6-8-20(19)27-4/h9-12,16,19-20,24H,5-8,13-15H2,1-4H3/b23-16-/t19-,20+,22+/m1/s1. The van der Waals surface area contributed by atoms with Crippen molar-refractivity contribution in [1.29, 1.82) is 0 Å². The summed E-state index contributed by atoms with van der Waals surface area (Å²) in [6, 6.07) is 6.82. The van der Waals surface area contributed by atoms with Crippen LogP contribution in [0.2, 0.25) is 0 Å². The van der Waals surface area contributed by atoms with E-state index in [0.717, 1.165) is 37.7 Å². The second-order valence-corrected chi connectivity index (χ2v) is 11.1. The number of hydrogen-bond acceptors (Lipinski definition) is 4. The second-order valence-electron chi connectivity index (χ2n) is 9.41. The van der Waals surface area contributed by atoms with Crippen LogP contribution < -0.4 is 4.83 Å². The number of methoxy groups -OCH3 is 1. The summed E-state index contributed by atoms with van der Waals surface area (Å²) >= 11 is 0. The maximum Gasteiger partial charge on any atom is 0.276 e. The Morgan fingerprint density at radius 1 is 1.14 bits per heavy atom. The Labute approximate surface area is 170 Å². The molecule has 5 nitrogen and oxygen atoms in total. The Bertz CT molecular complexity index is 802. The molecule has 1 aromatic carbocycles. The van der Waals surface area contributed by atoms with Crippen LogP contribution in [0.15, 0.2) is 34.3 Å². The minimum atomic E-state index is -3.65. The molecular weight excluding hydrogens is 372 g/mol. The third-order valence-corrected chi connectivity index (χ3v) is 7.88. The summed E-state index contributed by atoms with van der Waals surface area (Å²) < 4.78 is 31.0. The molecule has 0 radical (unpaired) electrons. The molecule has 1 aromatic rings. The zero-order valence-electron chi connectivity index (χ0n) is 17.6. The lowest BCUT2D eigenvalue weighted by Crippen LogP contribution is -2.42. The van der Waals surface area contributed by atoms with Gasteiger partial charge in [-0.25, -0.2) is 4.83 Å². The quantitative estimate of drug-likeness (QED) is 0.552. The van der Waals surface area contributed by atoms with Gasteiger partial charge in [0, 0.05) is 18.7 Å². The van der Waals surface area contributed by atoms with E-state index in [-0.39, 0.29) is 21.8 Å². The van der Waals surface area contributed by atoms with Gasteiger partial charge in [-0.15, -0.1) is 0 Å². The number of hydrogen-bond donors (Lipinski definition) is 1. The van der Waals surface area contributed by atoms with Crippen LogP contribution in [0.5, 0.6) is 0 Å². The van der Waals surface area contributed by atoms with Crippen molar-refractivity contribution in [2.24, 2.45) is 21.8 Å². The lowest BCUT2D eigenvalue weighted by Gasteiger charge is -2.42. The third-order valence-electron chi connectivity index (χ3n) is 6.64. The van der Waals surface area contributed by atoms with Crippen molar-refractivity contribution in [3.63, 3.8) is 0 Å². The summed E-state index contributed by atoms with van der Waals surface area (Å²) in [4.78, 5) is 2.69. The van der Waals surface area contributed by atoms with Crippen molar-refractivity contribution in [1.82, 2.24) is 4.83 Å². The van der Waals surface area contributed by atoms with E-state index in [1.54, 1.807) is 31.4 Å². The van der Waals surface area contributed by atoms with Crippen molar-refractivity contribution in [2.45, 2.75) is 76.7 Å². The zero-order chi connectivity index (χ0) is 20.4. The lowest BCUT2D eigenvalue weighted by molar-refractivity contribution is -0.0167. The van der Waals surface area contributed by atoms with Gasteiger partial charge in [0.1, 0.15) is 0 Å². The molecular formula is C22H34N2O3S. The highest BCUT2D eigenvalue weighted by molar-refractivity contribution is 7.89. The van der Waals surface area contributed by atoms with Crippen LogP contribution in [0.25, 0.3) is 0 Å². The van der Waals surface area contributed by atoms with Crippen molar-refractivity contribution in [3.8, 4) is 0 Å². The number of aryl methyl sites for hydroxylation is 1. The molecule has 2 aliphatic carbocycles. The van der Waals surface area contributed by atoms with Crippen molar-refractivity contribution in [3.05, 3.63) is 29.8 Å². The van der Waals surface area contributed by atoms with Crippen molar-refractivity contribution >= 4 is 16.2 Å². The van der Waals surface area contributed by atoms with Gasteiger partial charge in [0.05, 0.1) is 11.0 Å². The molecule has 1 N–H and O–H groups in total. The molecule has 0 amide bonds. The van der Waals surface area contributed by atoms with E-state index >= 15 is 0 Å². The molecule has 2 aliphatic rings. The first-order valence-corrected chi connectivity index (χ1v) is 11.8. The molecule has 28 heavy (non-hydrogen) atoms. The molecule has 3 atom stereocenters.